The van der Waals surface area contributed by atoms with Crippen molar-refractivity contribution in [3.8, 4) is 0 Å². The van der Waals surface area contributed by atoms with E-state index in [0.29, 0.717) is 12.1 Å². The molecule has 1 atom stereocenters. The number of nitrogens with one attached hydrogen (secondary N) is 2. The Labute approximate surface area is 172 Å². The average molecular weight is 471 g/mol. The summed E-state index contributed by atoms with van der Waals surface area (Å²) in [6, 6.07) is 15.4. The Bertz CT molecular complexity index is 695. The number of hydrogen-bond acceptors (Lipinski definition) is 2. The molecule has 0 amide bonds. The van der Waals surface area contributed by atoms with Gasteiger partial charge in [-0.1, -0.05) is 36.4 Å². The highest BCUT2D eigenvalue weighted by Gasteiger charge is 2.08. The lowest BCUT2D eigenvalue weighted by Gasteiger charge is -2.18. The fraction of sp³-hybridized carbons (Fsp3) is 0.350. The van der Waals surface area contributed by atoms with Crippen molar-refractivity contribution in [2.75, 3.05) is 13.7 Å². The van der Waals surface area contributed by atoms with Crippen molar-refractivity contribution in [3.05, 3.63) is 71.0 Å². The molecule has 1 unspecified atom stereocenters. The van der Waals surface area contributed by atoms with Crippen molar-refractivity contribution < 1.29 is 9.13 Å². The molecule has 0 radical (unpaired) electrons. The number of methoxy groups -OCH3 is 1. The van der Waals surface area contributed by atoms with Crippen LogP contribution in [0, 0.1) is 5.82 Å². The predicted octanol–water partition coefficient (Wildman–Crippen LogP) is 4.41. The van der Waals surface area contributed by atoms with E-state index in [1.807, 2.05) is 25.1 Å². The van der Waals surface area contributed by atoms with Crippen molar-refractivity contribution in [3.63, 3.8) is 0 Å². The van der Waals surface area contributed by atoms with Crippen LogP contribution in [-0.2, 0) is 17.9 Å². The minimum atomic E-state index is -0.252. The van der Waals surface area contributed by atoms with Gasteiger partial charge in [-0.25, -0.2) is 9.38 Å². The maximum Gasteiger partial charge on any atom is 0.192 e. The summed E-state index contributed by atoms with van der Waals surface area (Å²) in [5.74, 6) is 0.480. The highest BCUT2D eigenvalue weighted by Crippen LogP contribution is 2.13. The highest BCUT2D eigenvalue weighted by atomic mass is 127. The van der Waals surface area contributed by atoms with Crippen LogP contribution in [0.2, 0.25) is 0 Å². The minimum absolute atomic E-state index is 0. The lowest BCUT2D eigenvalue weighted by Crippen LogP contribution is -2.38. The van der Waals surface area contributed by atoms with Gasteiger partial charge >= 0.3 is 0 Å². The van der Waals surface area contributed by atoms with Gasteiger partial charge in [0.05, 0.1) is 19.2 Å². The second-order valence-electron chi connectivity index (χ2n) is 5.83. The van der Waals surface area contributed by atoms with Crippen molar-refractivity contribution in [1.82, 2.24) is 10.6 Å². The minimum Gasteiger partial charge on any atom is -0.380 e. The summed E-state index contributed by atoms with van der Waals surface area (Å²) in [6.45, 7) is 5.61. The molecule has 0 aliphatic rings. The molecule has 0 aromatic heterocycles. The van der Waals surface area contributed by atoms with Gasteiger partial charge in [-0.2, -0.15) is 0 Å². The van der Waals surface area contributed by atoms with Gasteiger partial charge < -0.3 is 15.4 Å². The Morgan fingerprint density at radius 3 is 2.58 bits per heavy atom. The van der Waals surface area contributed by atoms with E-state index in [-0.39, 0.29) is 42.4 Å². The summed E-state index contributed by atoms with van der Waals surface area (Å²) in [7, 11) is 1.56. The topological polar surface area (TPSA) is 45.7 Å². The second kappa shape index (κ2) is 11.9. The molecule has 26 heavy (non-hydrogen) atoms. The first-order valence-electron chi connectivity index (χ1n) is 8.50. The number of hydrogen-bond donors (Lipinski definition) is 2. The maximum absolute atomic E-state index is 13.7. The number of aliphatic imine (C=N–C) groups is 1. The lowest BCUT2D eigenvalue weighted by atomic mass is 10.1. The van der Waals surface area contributed by atoms with E-state index >= 15 is 0 Å². The van der Waals surface area contributed by atoms with Gasteiger partial charge in [0.1, 0.15) is 5.82 Å². The predicted molar refractivity (Wildman–Crippen MR) is 115 cm³/mol. The van der Waals surface area contributed by atoms with Crippen LogP contribution >= 0.6 is 24.0 Å². The Kier molecular flexibility index (Phi) is 10.2. The molecule has 0 heterocycles. The molecule has 0 spiro atoms. The zero-order valence-electron chi connectivity index (χ0n) is 15.5. The van der Waals surface area contributed by atoms with E-state index < -0.39 is 0 Å². The van der Waals surface area contributed by atoms with Crippen molar-refractivity contribution in [1.29, 1.82) is 0 Å². The second-order valence-corrected chi connectivity index (χ2v) is 5.83. The van der Waals surface area contributed by atoms with Crippen molar-refractivity contribution in [2.45, 2.75) is 33.0 Å². The molecule has 2 N–H and O–H groups in total. The van der Waals surface area contributed by atoms with Crippen LogP contribution in [0.5, 0.6) is 0 Å². The number of benzene rings is 2. The van der Waals surface area contributed by atoms with E-state index in [1.54, 1.807) is 19.2 Å². The largest absolute Gasteiger partial charge is 0.380 e. The van der Waals surface area contributed by atoms with E-state index in [4.69, 9.17) is 4.74 Å². The van der Waals surface area contributed by atoms with E-state index in [2.05, 4.69) is 34.7 Å². The molecular formula is C20H27FIN3O. The summed E-state index contributed by atoms with van der Waals surface area (Å²) < 4.78 is 18.7. The summed E-state index contributed by atoms with van der Waals surface area (Å²) in [5.41, 5.74) is 2.68. The monoisotopic (exact) mass is 471 g/mol. The quantitative estimate of drug-likeness (QED) is 0.358. The molecule has 0 fully saturated rings. The fourth-order valence-corrected chi connectivity index (χ4v) is 2.51. The molecule has 0 saturated carbocycles. The Morgan fingerprint density at radius 2 is 1.92 bits per heavy atom. The van der Waals surface area contributed by atoms with Crippen molar-refractivity contribution in [2.24, 2.45) is 4.99 Å². The molecule has 2 aromatic rings. The zero-order chi connectivity index (χ0) is 18.1. The van der Waals surface area contributed by atoms with Gasteiger partial charge in [0.2, 0.25) is 0 Å². The molecule has 0 aliphatic heterocycles. The van der Waals surface area contributed by atoms with Crippen molar-refractivity contribution >= 4 is 29.9 Å². The van der Waals surface area contributed by atoms with Gasteiger partial charge in [-0.3, -0.25) is 0 Å². The molecule has 6 heteroatoms. The van der Waals surface area contributed by atoms with Gasteiger partial charge in [0, 0.05) is 19.2 Å². The SMILES string of the molecule is CCNC(=NCc1ccc(F)c(COC)c1)NC(C)c1ccccc1.I. The van der Waals surface area contributed by atoms with Crippen LogP contribution in [0.25, 0.3) is 0 Å². The summed E-state index contributed by atoms with van der Waals surface area (Å²) in [5, 5.41) is 6.64. The van der Waals surface area contributed by atoms with E-state index in [9.17, 15) is 4.39 Å². The highest BCUT2D eigenvalue weighted by molar-refractivity contribution is 14.0. The molecule has 2 rings (SSSR count). The smallest absolute Gasteiger partial charge is 0.192 e. The molecule has 2 aromatic carbocycles. The van der Waals surface area contributed by atoms with Crippen LogP contribution < -0.4 is 10.6 Å². The maximum atomic E-state index is 13.7. The molecule has 0 bridgehead atoms. The normalized spacial score (nSPS) is 12.2. The van der Waals surface area contributed by atoms with Crippen LogP contribution in [-0.4, -0.2) is 19.6 Å². The number of nitrogens with zero attached hydrogens (tertiary/aromatic N) is 1. The van der Waals surface area contributed by atoms with Gasteiger partial charge in [-0.05, 0) is 37.1 Å². The molecular weight excluding hydrogens is 444 g/mol. The molecule has 142 valence electrons. The average Bonchev–Trinajstić information content (AvgIpc) is 2.63. The molecule has 0 aliphatic carbocycles. The third-order valence-corrected chi connectivity index (χ3v) is 3.83. The van der Waals surface area contributed by atoms with Gasteiger partial charge in [-0.15, -0.1) is 24.0 Å². The summed E-state index contributed by atoms with van der Waals surface area (Å²) >= 11 is 0. The molecule has 0 saturated heterocycles. The summed E-state index contributed by atoms with van der Waals surface area (Å²) in [6.07, 6.45) is 0. The van der Waals surface area contributed by atoms with Gasteiger partial charge in [0.15, 0.2) is 5.96 Å². The number of rotatable bonds is 7. The van der Waals surface area contributed by atoms with E-state index in [0.717, 1.165) is 18.1 Å². The van der Waals surface area contributed by atoms with Crippen LogP contribution in [0.4, 0.5) is 4.39 Å². The number of guanidine groups is 1. The van der Waals surface area contributed by atoms with Crippen LogP contribution in [0.3, 0.4) is 0 Å². The summed E-state index contributed by atoms with van der Waals surface area (Å²) in [4.78, 5) is 4.61. The van der Waals surface area contributed by atoms with Crippen LogP contribution in [0.15, 0.2) is 53.5 Å². The first kappa shape index (κ1) is 22.4. The fourth-order valence-electron chi connectivity index (χ4n) is 2.51. The lowest BCUT2D eigenvalue weighted by molar-refractivity contribution is 0.181. The Balaban J connectivity index is 0.00000338. The number of ether oxygens (including phenoxy) is 1. The third-order valence-electron chi connectivity index (χ3n) is 3.83. The zero-order valence-corrected chi connectivity index (χ0v) is 17.8. The third kappa shape index (κ3) is 6.92. The van der Waals surface area contributed by atoms with E-state index in [1.165, 1.54) is 11.6 Å². The number of halogens is 2. The Hall–Kier alpha value is -1.67. The first-order chi connectivity index (χ1) is 12.1. The van der Waals surface area contributed by atoms with Gasteiger partial charge in [0.25, 0.3) is 0 Å². The standard InChI is InChI=1S/C20H26FN3O.HI/c1-4-22-20(24-15(2)17-8-6-5-7-9-17)23-13-16-10-11-19(21)18(12-16)14-25-3;/h5-12,15H,4,13-14H2,1-3H3,(H2,22,23,24);1H. The first-order valence-corrected chi connectivity index (χ1v) is 8.50. The van der Waals surface area contributed by atoms with Crippen LogP contribution in [0.1, 0.15) is 36.6 Å². The molecule has 4 nitrogen and oxygen atoms in total. The Morgan fingerprint density at radius 1 is 1.19 bits per heavy atom.